The van der Waals surface area contributed by atoms with Crippen molar-refractivity contribution in [3.05, 3.63) is 83.2 Å². The highest BCUT2D eigenvalue weighted by molar-refractivity contribution is 6.42. The van der Waals surface area contributed by atoms with Gasteiger partial charge >= 0.3 is 6.18 Å². The quantitative estimate of drug-likeness (QED) is 0.629. The van der Waals surface area contributed by atoms with E-state index in [0.29, 0.717) is 5.57 Å². The first-order chi connectivity index (χ1) is 13.5. The van der Waals surface area contributed by atoms with Crippen LogP contribution in [0.2, 0.25) is 0 Å². The van der Waals surface area contributed by atoms with Crippen LogP contribution in [0.3, 0.4) is 0 Å². The van der Waals surface area contributed by atoms with Crippen LogP contribution in [0.4, 0.5) is 13.2 Å². The molecule has 0 saturated carbocycles. The second-order valence-electron chi connectivity index (χ2n) is 7.24. The van der Waals surface area contributed by atoms with Crippen molar-refractivity contribution >= 4 is 16.9 Å². The van der Waals surface area contributed by atoms with Crippen LogP contribution in [0.5, 0.6) is 0 Å². The third-order valence-corrected chi connectivity index (χ3v) is 4.20. The van der Waals surface area contributed by atoms with Gasteiger partial charge in [-0.15, -0.1) is 0 Å². The number of nitrogens with zero attached hydrogens (tertiary/aromatic N) is 2. The fourth-order valence-corrected chi connectivity index (χ4v) is 2.91. The summed E-state index contributed by atoms with van der Waals surface area (Å²) in [7, 11) is 7.05. The molecule has 0 spiro atoms. The van der Waals surface area contributed by atoms with Crippen LogP contribution >= 0.6 is 0 Å². The molecule has 2 aromatic carbocycles. The molecule has 0 N–H and O–H groups in total. The topological polar surface area (TPSA) is 23.6 Å². The van der Waals surface area contributed by atoms with Crippen LogP contribution in [0.25, 0.3) is 11.1 Å². The predicted molar refractivity (Wildman–Crippen MR) is 111 cm³/mol. The number of benzene rings is 2. The molecule has 0 aliphatic rings. The van der Waals surface area contributed by atoms with Crippen LogP contribution in [0, 0.1) is 6.92 Å². The molecule has 2 rings (SSSR count). The van der Waals surface area contributed by atoms with Crippen molar-refractivity contribution in [2.75, 3.05) is 28.2 Å². The van der Waals surface area contributed by atoms with Gasteiger partial charge in [-0.2, -0.15) is 13.2 Å². The Labute approximate surface area is 169 Å². The highest BCUT2D eigenvalue weighted by atomic mass is 19.4. The molecule has 154 valence electrons. The van der Waals surface area contributed by atoms with E-state index in [1.165, 1.54) is 12.1 Å². The Morgan fingerprint density at radius 3 is 2.00 bits per heavy atom. The van der Waals surface area contributed by atoms with Gasteiger partial charge in [-0.25, -0.2) is 0 Å². The van der Waals surface area contributed by atoms with Gasteiger partial charge in [0.2, 0.25) is 0 Å². The number of hydrogen-bond donors (Lipinski definition) is 0. The fraction of sp³-hybridized carbons (Fsp3) is 0.261. The van der Waals surface area contributed by atoms with Crippen LogP contribution in [-0.2, 0) is 11.0 Å². The monoisotopic (exact) mass is 402 g/mol. The van der Waals surface area contributed by atoms with E-state index in [1.54, 1.807) is 50.4 Å². The number of alkyl halides is 3. The molecule has 0 atom stereocenters. The largest absolute Gasteiger partial charge is 0.416 e. The van der Waals surface area contributed by atoms with Crippen molar-refractivity contribution in [3.63, 3.8) is 0 Å². The average molecular weight is 402 g/mol. The maximum absolute atomic E-state index is 13.6. The molecule has 0 aliphatic heterocycles. The first kappa shape index (κ1) is 22.3. The molecule has 0 radical (unpaired) electrons. The number of hydrogen-bond acceptors (Lipinski definition) is 3. The Bertz CT molecular complexity index is 941. The molecule has 0 aromatic heterocycles. The first-order valence-corrected chi connectivity index (χ1v) is 9.05. The highest BCUT2D eigenvalue weighted by Crippen LogP contribution is 2.33. The average Bonchev–Trinajstić information content (AvgIpc) is 2.63. The molecule has 0 amide bonds. The summed E-state index contributed by atoms with van der Waals surface area (Å²) < 4.78 is 39.6. The maximum Gasteiger partial charge on any atom is 0.416 e. The molecule has 0 bridgehead atoms. The lowest BCUT2D eigenvalue weighted by Gasteiger charge is -2.18. The van der Waals surface area contributed by atoms with Crippen LogP contribution < -0.4 is 0 Å². The predicted octanol–water partition coefficient (Wildman–Crippen LogP) is 5.09. The Morgan fingerprint density at radius 1 is 0.862 bits per heavy atom. The Morgan fingerprint density at radius 2 is 1.45 bits per heavy atom. The van der Waals surface area contributed by atoms with E-state index in [1.807, 2.05) is 31.2 Å². The van der Waals surface area contributed by atoms with Crippen LogP contribution in [0.15, 0.2) is 60.9 Å². The van der Waals surface area contributed by atoms with Gasteiger partial charge in [0, 0.05) is 51.7 Å². The zero-order chi connectivity index (χ0) is 21.8. The second-order valence-corrected chi connectivity index (χ2v) is 7.24. The Kier molecular flexibility index (Phi) is 6.90. The summed E-state index contributed by atoms with van der Waals surface area (Å²) in [6.45, 7) is 1.89. The number of aryl methyl sites for hydroxylation is 1. The van der Waals surface area contributed by atoms with Gasteiger partial charge in [0.25, 0.3) is 0 Å². The van der Waals surface area contributed by atoms with Gasteiger partial charge < -0.3 is 9.80 Å². The fourth-order valence-electron chi connectivity index (χ4n) is 2.91. The van der Waals surface area contributed by atoms with Gasteiger partial charge in [-0.1, -0.05) is 36.4 Å². The lowest BCUT2D eigenvalue weighted by Crippen LogP contribution is -2.14. The Hall–Kier alpha value is -3.02. The van der Waals surface area contributed by atoms with E-state index >= 15 is 0 Å². The normalized spacial score (nSPS) is 12.7. The van der Waals surface area contributed by atoms with Crippen LogP contribution in [-0.4, -0.2) is 43.8 Å². The Balaban J connectivity index is 2.66. The summed E-state index contributed by atoms with van der Waals surface area (Å²) in [5.41, 5.74) is 1.68. The zero-order valence-electron chi connectivity index (χ0n) is 17.2. The second kappa shape index (κ2) is 8.99. The van der Waals surface area contributed by atoms with Crippen molar-refractivity contribution in [2.24, 2.45) is 0 Å². The van der Waals surface area contributed by atoms with Crippen molar-refractivity contribution in [1.29, 1.82) is 0 Å². The number of ketones is 1. The number of carbonyl (C=O) groups excluding carboxylic acids is 1. The van der Waals surface area contributed by atoms with E-state index in [9.17, 15) is 18.0 Å². The molecular formula is C23H25F3N2O. The summed E-state index contributed by atoms with van der Waals surface area (Å²) in [6, 6.07) is 12.3. The smallest absolute Gasteiger partial charge is 0.383 e. The molecule has 6 heteroatoms. The summed E-state index contributed by atoms with van der Waals surface area (Å²) in [6.07, 6.45) is -1.23. The van der Waals surface area contributed by atoms with E-state index < -0.39 is 11.7 Å². The third-order valence-electron chi connectivity index (χ3n) is 4.20. The molecule has 0 aliphatic carbocycles. The summed E-state index contributed by atoms with van der Waals surface area (Å²) in [4.78, 5) is 17.0. The molecule has 0 unspecified atom stereocenters. The lowest BCUT2D eigenvalue weighted by atomic mass is 9.90. The van der Waals surface area contributed by atoms with Crippen LogP contribution in [0.1, 0.15) is 22.3 Å². The number of allylic oxidation sites excluding steroid dienone is 2. The molecule has 0 heterocycles. The molecule has 0 fully saturated rings. The van der Waals surface area contributed by atoms with E-state index in [4.69, 9.17) is 0 Å². The maximum atomic E-state index is 13.6. The third kappa shape index (κ3) is 5.73. The molecule has 2 aromatic rings. The zero-order valence-corrected chi connectivity index (χ0v) is 17.2. The van der Waals surface area contributed by atoms with E-state index in [0.717, 1.165) is 23.3 Å². The summed E-state index contributed by atoms with van der Waals surface area (Å²) >= 11 is 0. The van der Waals surface area contributed by atoms with Crippen molar-refractivity contribution in [3.8, 4) is 0 Å². The van der Waals surface area contributed by atoms with Gasteiger partial charge in [0.15, 0.2) is 5.78 Å². The van der Waals surface area contributed by atoms with Crippen molar-refractivity contribution < 1.29 is 18.0 Å². The number of halogens is 3. The minimum absolute atomic E-state index is 0.192. The van der Waals surface area contributed by atoms with E-state index in [-0.39, 0.29) is 16.9 Å². The minimum atomic E-state index is -4.49. The van der Waals surface area contributed by atoms with E-state index in [2.05, 4.69) is 0 Å². The molecular weight excluding hydrogens is 377 g/mol. The van der Waals surface area contributed by atoms with Gasteiger partial charge in [-0.3, -0.25) is 4.79 Å². The number of rotatable bonds is 6. The van der Waals surface area contributed by atoms with Gasteiger partial charge in [-0.05, 0) is 35.7 Å². The lowest BCUT2D eigenvalue weighted by molar-refractivity contribution is -0.137. The molecule has 3 nitrogen and oxygen atoms in total. The highest BCUT2D eigenvalue weighted by Gasteiger charge is 2.31. The molecule has 29 heavy (non-hydrogen) atoms. The number of Topliss-reactive ketones (excluding diaryl/α,β-unsaturated/α-hetero) is 1. The minimum Gasteiger partial charge on any atom is -0.383 e. The first-order valence-electron chi connectivity index (χ1n) is 9.05. The van der Waals surface area contributed by atoms with Crippen molar-refractivity contribution in [2.45, 2.75) is 13.1 Å². The van der Waals surface area contributed by atoms with Gasteiger partial charge in [0.05, 0.1) is 5.56 Å². The number of carbonyl (C=O) groups is 1. The van der Waals surface area contributed by atoms with Gasteiger partial charge in [0.1, 0.15) is 0 Å². The summed E-state index contributed by atoms with van der Waals surface area (Å²) in [5.74, 6) is -0.346. The summed E-state index contributed by atoms with van der Waals surface area (Å²) in [5, 5.41) is 0. The SMILES string of the molecule is Cc1ccccc1C(=CN(C)C)C(=O)C(=CN(C)C)c1cccc(C(F)(F)F)c1. The molecule has 0 saturated heterocycles. The standard InChI is InChI=1S/C23H25F3N2O/c1-16-9-6-7-12-19(16)21(15-28(4)5)22(29)20(14-27(2)3)17-10-8-11-18(13-17)23(24,25)26/h6-15H,1-5H3. The van der Waals surface area contributed by atoms with Crippen molar-refractivity contribution in [1.82, 2.24) is 9.80 Å².